The summed E-state index contributed by atoms with van der Waals surface area (Å²) in [5, 5.41) is 0.817. The molecule has 4 nitrogen and oxygen atoms in total. The maximum absolute atomic E-state index is 12.6. The van der Waals surface area contributed by atoms with Crippen LogP contribution in [0.15, 0.2) is 51.7 Å². The molecule has 0 saturated carbocycles. The van der Waals surface area contributed by atoms with E-state index in [1.165, 1.54) is 5.56 Å². The van der Waals surface area contributed by atoms with Crippen LogP contribution in [0.4, 0.5) is 0 Å². The molecule has 0 unspecified atom stereocenters. The van der Waals surface area contributed by atoms with Crippen molar-refractivity contribution in [2.75, 3.05) is 13.2 Å². The fraction of sp³-hybridized carbons (Fsp3) is 0.227. The van der Waals surface area contributed by atoms with Gasteiger partial charge < -0.3 is 13.9 Å². The first-order valence-electron chi connectivity index (χ1n) is 8.63. The highest BCUT2D eigenvalue weighted by atomic mass is 16.5. The lowest BCUT2D eigenvalue weighted by atomic mass is 10.0. The van der Waals surface area contributed by atoms with E-state index < -0.39 is 5.63 Å². The Morgan fingerprint density at radius 2 is 1.96 bits per heavy atom. The van der Waals surface area contributed by atoms with E-state index in [1.807, 2.05) is 57.2 Å². The van der Waals surface area contributed by atoms with Gasteiger partial charge in [0.2, 0.25) is 0 Å². The minimum Gasteiger partial charge on any atom is -0.489 e. The van der Waals surface area contributed by atoms with Gasteiger partial charge in [0, 0.05) is 5.57 Å². The second-order valence-electron chi connectivity index (χ2n) is 6.62. The van der Waals surface area contributed by atoms with Gasteiger partial charge in [-0.2, -0.15) is 0 Å². The Morgan fingerprint density at radius 3 is 2.81 bits per heavy atom. The summed E-state index contributed by atoms with van der Waals surface area (Å²) >= 11 is 0. The smallest absolute Gasteiger partial charge is 0.347 e. The van der Waals surface area contributed by atoms with Crippen LogP contribution in [-0.4, -0.2) is 13.2 Å². The van der Waals surface area contributed by atoms with Crippen LogP contribution in [0.3, 0.4) is 0 Å². The van der Waals surface area contributed by atoms with Crippen molar-refractivity contribution in [1.29, 1.82) is 0 Å². The fourth-order valence-electron chi connectivity index (χ4n) is 3.21. The molecule has 0 radical (unpaired) electrons. The lowest BCUT2D eigenvalue weighted by Crippen LogP contribution is -2.18. The summed E-state index contributed by atoms with van der Waals surface area (Å²) in [5.41, 5.74) is 4.75. The first kappa shape index (κ1) is 16.5. The highest BCUT2D eigenvalue weighted by Crippen LogP contribution is 2.35. The topological polar surface area (TPSA) is 48.7 Å². The van der Waals surface area contributed by atoms with Crippen molar-refractivity contribution in [3.8, 4) is 11.5 Å². The molecule has 3 aromatic rings. The van der Waals surface area contributed by atoms with Crippen molar-refractivity contribution in [1.82, 2.24) is 0 Å². The lowest BCUT2D eigenvalue weighted by molar-refractivity contribution is 0.340. The molecule has 2 heterocycles. The minimum absolute atomic E-state index is 0.294. The van der Waals surface area contributed by atoms with Crippen molar-refractivity contribution in [2.45, 2.75) is 20.8 Å². The van der Waals surface area contributed by atoms with E-state index in [4.69, 9.17) is 13.9 Å². The second kappa shape index (κ2) is 6.37. The van der Waals surface area contributed by atoms with Crippen LogP contribution in [-0.2, 0) is 0 Å². The molecular weight excluding hydrogens is 328 g/mol. The second-order valence-corrected chi connectivity index (χ2v) is 6.62. The summed E-state index contributed by atoms with van der Waals surface area (Å²) in [5.74, 6) is 1.40. The highest BCUT2D eigenvalue weighted by molar-refractivity contribution is 5.90. The third kappa shape index (κ3) is 2.77. The van der Waals surface area contributed by atoms with Gasteiger partial charge in [0.15, 0.2) is 0 Å². The van der Waals surface area contributed by atoms with E-state index in [0.29, 0.717) is 30.1 Å². The molecule has 4 rings (SSSR count). The Bertz CT molecular complexity index is 1090. The molecule has 1 aliphatic heterocycles. The van der Waals surface area contributed by atoms with Crippen molar-refractivity contribution in [2.24, 2.45) is 0 Å². The summed E-state index contributed by atoms with van der Waals surface area (Å²) in [6.07, 6.45) is 1.88. The molecule has 132 valence electrons. The molecule has 0 spiro atoms. The van der Waals surface area contributed by atoms with E-state index in [0.717, 1.165) is 27.8 Å². The molecule has 4 heteroatoms. The van der Waals surface area contributed by atoms with Gasteiger partial charge in [-0.3, -0.25) is 0 Å². The SMILES string of the molecule is Cc1ccc2oc(=O)c3c(c2c1)OCC=C3COc1cccc(C)c1C. The number of rotatable bonds is 3. The molecule has 0 bridgehead atoms. The number of hydrogen-bond donors (Lipinski definition) is 0. The fourth-order valence-corrected chi connectivity index (χ4v) is 3.21. The first-order chi connectivity index (χ1) is 12.5. The molecule has 0 aliphatic carbocycles. The van der Waals surface area contributed by atoms with Crippen molar-refractivity contribution >= 4 is 16.5 Å². The molecule has 0 atom stereocenters. The summed E-state index contributed by atoms with van der Waals surface area (Å²) in [7, 11) is 0. The van der Waals surface area contributed by atoms with Crippen LogP contribution in [0.2, 0.25) is 0 Å². The molecule has 0 saturated heterocycles. The van der Waals surface area contributed by atoms with Gasteiger partial charge in [-0.15, -0.1) is 0 Å². The zero-order chi connectivity index (χ0) is 18.3. The van der Waals surface area contributed by atoms with Crippen LogP contribution in [0, 0.1) is 20.8 Å². The first-order valence-corrected chi connectivity index (χ1v) is 8.63. The molecule has 26 heavy (non-hydrogen) atoms. The predicted octanol–water partition coefficient (Wildman–Crippen LogP) is 4.57. The molecular formula is C22H20O4. The Balaban J connectivity index is 1.74. The van der Waals surface area contributed by atoms with Crippen molar-refractivity contribution in [3.63, 3.8) is 0 Å². The molecule has 0 N–H and O–H groups in total. The molecule has 1 aliphatic rings. The average molecular weight is 348 g/mol. The normalized spacial score (nSPS) is 13.1. The van der Waals surface area contributed by atoms with Gasteiger partial charge in [0.25, 0.3) is 0 Å². The van der Waals surface area contributed by atoms with Crippen LogP contribution < -0.4 is 15.1 Å². The van der Waals surface area contributed by atoms with Gasteiger partial charge >= 0.3 is 5.63 Å². The number of fused-ring (bicyclic) bond motifs is 3. The Morgan fingerprint density at radius 1 is 1.12 bits per heavy atom. The number of ether oxygens (including phenoxy) is 2. The molecule has 0 fully saturated rings. The minimum atomic E-state index is -0.396. The van der Waals surface area contributed by atoms with Crippen LogP contribution in [0.25, 0.3) is 16.5 Å². The predicted molar refractivity (Wildman–Crippen MR) is 102 cm³/mol. The largest absolute Gasteiger partial charge is 0.489 e. The maximum atomic E-state index is 12.6. The van der Waals surface area contributed by atoms with E-state index in [9.17, 15) is 4.79 Å². The van der Waals surface area contributed by atoms with Crippen molar-refractivity contribution < 1.29 is 13.9 Å². The van der Waals surface area contributed by atoms with Crippen LogP contribution in [0.5, 0.6) is 11.5 Å². The highest BCUT2D eigenvalue weighted by Gasteiger charge is 2.23. The van der Waals surface area contributed by atoms with E-state index in [-0.39, 0.29) is 0 Å². The van der Waals surface area contributed by atoms with E-state index in [1.54, 1.807) is 6.07 Å². The Kier molecular flexibility index (Phi) is 4.03. The molecule has 2 aromatic carbocycles. The van der Waals surface area contributed by atoms with Crippen LogP contribution >= 0.6 is 0 Å². The van der Waals surface area contributed by atoms with Gasteiger partial charge in [-0.05, 0) is 56.2 Å². The van der Waals surface area contributed by atoms with Gasteiger partial charge in [-0.25, -0.2) is 4.79 Å². The maximum Gasteiger partial charge on any atom is 0.347 e. The Hall–Kier alpha value is -3.01. The number of aryl methyl sites for hydroxylation is 2. The van der Waals surface area contributed by atoms with Gasteiger partial charge in [0.05, 0.1) is 5.39 Å². The third-order valence-electron chi connectivity index (χ3n) is 4.83. The molecule has 1 aromatic heterocycles. The zero-order valence-electron chi connectivity index (χ0n) is 15.1. The van der Waals surface area contributed by atoms with E-state index >= 15 is 0 Å². The van der Waals surface area contributed by atoms with Gasteiger partial charge in [0.1, 0.15) is 35.9 Å². The summed E-state index contributed by atoms with van der Waals surface area (Å²) in [6.45, 7) is 6.78. The van der Waals surface area contributed by atoms with Gasteiger partial charge in [-0.1, -0.05) is 23.8 Å². The summed E-state index contributed by atoms with van der Waals surface area (Å²) in [4.78, 5) is 12.6. The zero-order valence-corrected chi connectivity index (χ0v) is 15.1. The lowest BCUT2D eigenvalue weighted by Gasteiger charge is -2.20. The summed E-state index contributed by atoms with van der Waals surface area (Å²) in [6, 6.07) is 11.7. The van der Waals surface area contributed by atoms with Crippen molar-refractivity contribution in [3.05, 3.63) is 75.1 Å². The average Bonchev–Trinajstić information content (AvgIpc) is 2.63. The Labute approximate surface area is 151 Å². The van der Waals surface area contributed by atoms with Crippen LogP contribution in [0.1, 0.15) is 22.3 Å². The monoisotopic (exact) mass is 348 g/mol. The number of benzene rings is 2. The van der Waals surface area contributed by atoms with E-state index in [2.05, 4.69) is 0 Å². The third-order valence-corrected chi connectivity index (χ3v) is 4.83. The summed E-state index contributed by atoms with van der Waals surface area (Å²) < 4.78 is 17.3. The number of hydrogen-bond acceptors (Lipinski definition) is 4. The standard InChI is InChI=1S/C22H20O4/c1-13-7-8-19-17(11-13)21-20(22(23)26-19)16(9-10-24-21)12-25-18-6-4-5-14(2)15(18)3/h4-9,11H,10,12H2,1-3H3. The molecule has 0 amide bonds. The quantitative estimate of drug-likeness (QED) is 0.651.